The number of nitro benzene ring substituents is 1. The fraction of sp³-hybridized carbons (Fsp3) is 0.0769. The van der Waals surface area contributed by atoms with Gasteiger partial charge in [-0.25, -0.2) is 0 Å². The number of nitro groups is 1. The highest BCUT2D eigenvalue weighted by molar-refractivity contribution is 9.09. The molecule has 0 unspecified atom stereocenters. The lowest BCUT2D eigenvalue weighted by Crippen LogP contribution is -1.91. The molecule has 0 fully saturated rings. The molecule has 1 aliphatic rings. The monoisotopic (exact) mass is 289 g/mol. The Hall–Kier alpha value is -1.68. The van der Waals surface area contributed by atoms with Crippen molar-refractivity contribution < 1.29 is 4.92 Å². The average molecular weight is 290 g/mol. The molecule has 1 aliphatic carbocycles. The summed E-state index contributed by atoms with van der Waals surface area (Å²) in [6, 6.07) is 13.1. The molecule has 1 atom stereocenters. The molecule has 17 heavy (non-hydrogen) atoms. The van der Waals surface area contributed by atoms with Crippen LogP contribution < -0.4 is 0 Å². The second-order valence-corrected chi connectivity index (χ2v) is 4.89. The minimum Gasteiger partial charge on any atom is -0.258 e. The van der Waals surface area contributed by atoms with E-state index in [0.29, 0.717) is 0 Å². The molecule has 4 heteroatoms. The van der Waals surface area contributed by atoms with E-state index < -0.39 is 0 Å². The molecule has 0 spiro atoms. The number of benzene rings is 2. The number of hydrogen-bond acceptors (Lipinski definition) is 2. The molecule has 2 aromatic rings. The van der Waals surface area contributed by atoms with Crippen molar-refractivity contribution >= 4 is 21.6 Å². The van der Waals surface area contributed by atoms with E-state index in [1.165, 1.54) is 5.56 Å². The van der Waals surface area contributed by atoms with Crippen LogP contribution in [0.4, 0.5) is 5.69 Å². The van der Waals surface area contributed by atoms with Crippen LogP contribution in [0.1, 0.15) is 16.0 Å². The van der Waals surface area contributed by atoms with Crippen molar-refractivity contribution in [2.24, 2.45) is 0 Å². The van der Waals surface area contributed by atoms with Crippen LogP contribution in [-0.4, -0.2) is 4.92 Å². The van der Waals surface area contributed by atoms with Crippen molar-refractivity contribution in [3.8, 4) is 11.1 Å². The van der Waals surface area contributed by atoms with Gasteiger partial charge in [0.15, 0.2) is 0 Å². The third-order valence-electron chi connectivity index (χ3n) is 3.04. The molecule has 3 nitrogen and oxygen atoms in total. The maximum atomic E-state index is 10.8. The first-order valence-electron chi connectivity index (χ1n) is 5.20. The number of rotatable bonds is 1. The first-order valence-corrected chi connectivity index (χ1v) is 6.12. The Morgan fingerprint density at radius 3 is 2.53 bits per heavy atom. The third kappa shape index (κ3) is 1.48. The second kappa shape index (κ2) is 3.67. The van der Waals surface area contributed by atoms with Crippen LogP contribution in [-0.2, 0) is 0 Å². The van der Waals surface area contributed by atoms with Crippen molar-refractivity contribution in [1.29, 1.82) is 0 Å². The summed E-state index contributed by atoms with van der Waals surface area (Å²) < 4.78 is 0. The Bertz CT molecular complexity index is 625. The van der Waals surface area contributed by atoms with Crippen LogP contribution in [0.5, 0.6) is 0 Å². The summed E-state index contributed by atoms with van der Waals surface area (Å²) in [6.07, 6.45) is 0. The van der Waals surface area contributed by atoms with Crippen molar-refractivity contribution in [3.63, 3.8) is 0 Å². The zero-order chi connectivity index (χ0) is 12.0. The number of hydrogen-bond donors (Lipinski definition) is 0. The molecule has 0 bridgehead atoms. The molecule has 3 rings (SSSR count). The van der Waals surface area contributed by atoms with E-state index in [0.717, 1.165) is 16.7 Å². The van der Waals surface area contributed by atoms with Crippen molar-refractivity contribution in [3.05, 3.63) is 63.7 Å². The minimum absolute atomic E-state index is 0.0496. The first kappa shape index (κ1) is 10.5. The van der Waals surface area contributed by atoms with E-state index in [1.807, 2.05) is 30.3 Å². The Labute approximate surface area is 106 Å². The first-order chi connectivity index (χ1) is 8.18. The quantitative estimate of drug-likeness (QED) is 0.451. The lowest BCUT2D eigenvalue weighted by molar-refractivity contribution is -0.384. The zero-order valence-corrected chi connectivity index (χ0v) is 10.3. The summed E-state index contributed by atoms with van der Waals surface area (Å²) >= 11 is 3.60. The van der Waals surface area contributed by atoms with E-state index in [1.54, 1.807) is 12.1 Å². The van der Waals surface area contributed by atoms with E-state index in [2.05, 4.69) is 15.9 Å². The Morgan fingerprint density at radius 1 is 1.06 bits per heavy atom. The van der Waals surface area contributed by atoms with Crippen molar-refractivity contribution in [2.45, 2.75) is 4.83 Å². The molecule has 0 saturated carbocycles. The van der Waals surface area contributed by atoms with Gasteiger partial charge >= 0.3 is 0 Å². The van der Waals surface area contributed by atoms with Crippen molar-refractivity contribution in [2.75, 3.05) is 0 Å². The van der Waals surface area contributed by atoms with Crippen LogP contribution in [0.25, 0.3) is 11.1 Å². The van der Waals surface area contributed by atoms with Crippen molar-refractivity contribution in [1.82, 2.24) is 0 Å². The molecule has 0 radical (unpaired) electrons. The van der Waals surface area contributed by atoms with Crippen LogP contribution >= 0.6 is 15.9 Å². The number of halogens is 1. The van der Waals surface area contributed by atoms with Gasteiger partial charge in [-0.1, -0.05) is 40.2 Å². The van der Waals surface area contributed by atoms with Gasteiger partial charge in [-0.15, -0.1) is 0 Å². The van der Waals surface area contributed by atoms with E-state index in [9.17, 15) is 10.1 Å². The predicted octanol–water partition coefficient (Wildman–Crippen LogP) is 4.06. The fourth-order valence-electron chi connectivity index (χ4n) is 2.25. The molecule has 2 aromatic carbocycles. The van der Waals surface area contributed by atoms with Gasteiger partial charge in [0.1, 0.15) is 0 Å². The lowest BCUT2D eigenvalue weighted by Gasteiger charge is -2.03. The topological polar surface area (TPSA) is 43.1 Å². The van der Waals surface area contributed by atoms with E-state index in [4.69, 9.17) is 0 Å². The molecule has 0 saturated heterocycles. The summed E-state index contributed by atoms with van der Waals surface area (Å²) in [5, 5.41) is 10.8. The lowest BCUT2D eigenvalue weighted by atomic mass is 10.1. The standard InChI is InChI=1S/C13H8BrNO2/c14-13-11-4-2-1-3-9(11)10-6-5-8(15(16)17)7-12(10)13/h1-7,13H/t13-/m0/s1. The molecule has 0 aliphatic heterocycles. The van der Waals surface area contributed by atoms with Gasteiger partial charge in [-0.05, 0) is 28.3 Å². The maximum Gasteiger partial charge on any atom is 0.269 e. The summed E-state index contributed by atoms with van der Waals surface area (Å²) in [5.74, 6) is 0. The SMILES string of the molecule is O=[N+]([O-])c1ccc2c(c1)[C@@H](Br)c1ccccc1-2. The average Bonchev–Trinajstić information content (AvgIpc) is 2.64. The third-order valence-corrected chi connectivity index (χ3v) is 4.03. The van der Waals surface area contributed by atoms with Gasteiger partial charge < -0.3 is 0 Å². The van der Waals surface area contributed by atoms with Gasteiger partial charge in [-0.3, -0.25) is 10.1 Å². The predicted molar refractivity (Wildman–Crippen MR) is 69.3 cm³/mol. The zero-order valence-electron chi connectivity index (χ0n) is 8.76. The molecule has 0 aromatic heterocycles. The Kier molecular flexibility index (Phi) is 2.26. The van der Waals surface area contributed by atoms with Gasteiger partial charge in [0.25, 0.3) is 5.69 Å². The highest BCUT2D eigenvalue weighted by Gasteiger charge is 2.27. The molecule has 0 amide bonds. The largest absolute Gasteiger partial charge is 0.269 e. The molecule has 84 valence electrons. The van der Waals surface area contributed by atoms with E-state index in [-0.39, 0.29) is 15.4 Å². The highest BCUT2D eigenvalue weighted by atomic mass is 79.9. The normalized spacial score (nSPS) is 16.4. The number of nitrogens with zero attached hydrogens (tertiary/aromatic N) is 1. The summed E-state index contributed by atoms with van der Waals surface area (Å²) in [6.45, 7) is 0. The summed E-state index contributed by atoms with van der Waals surface area (Å²) in [7, 11) is 0. The van der Waals surface area contributed by atoms with E-state index >= 15 is 0 Å². The number of non-ortho nitro benzene ring substituents is 1. The number of alkyl halides is 1. The van der Waals surface area contributed by atoms with Crippen LogP contribution in [0.15, 0.2) is 42.5 Å². The molecular weight excluding hydrogens is 282 g/mol. The summed E-state index contributed by atoms with van der Waals surface area (Å²) in [4.78, 5) is 10.5. The molecule has 0 heterocycles. The van der Waals surface area contributed by atoms with Crippen LogP contribution in [0.3, 0.4) is 0 Å². The number of fused-ring (bicyclic) bond motifs is 3. The van der Waals surface area contributed by atoms with Gasteiger partial charge in [0, 0.05) is 12.1 Å². The van der Waals surface area contributed by atoms with Gasteiger partial charge in [0.2, 0.25) is 0 Å². The van der Waals surface area contributed by atoms with Crippen LogP contribution in [0, 0.1) is 10.1 Å². The molecule has 0 N–H and O–H groups in total. The Morgan fingerprint density at radius 2 is 1.76 bits per heavy atom. The smallest absolute Gasteiger partial charge is 0.258 e. The van der Waals surface area contributed by atoms with Crippen LogP contribution in [0.2, 0.25) is 0 Å². The summed E-state index contributed by atoms with van der Waals surface area (Å²) in [5.41, 5.74) is 4.51. The Balaban J connectivity index is 2.24. The van der Waals surface area contributed by atoms with Gasteiger partial charge in [-0.2, -0.15) is 0 Å². The van der Waals surface area contributed by atoms with Gasteiger partial charge in [0.05, 0.1) is 9.75 Å². The highest BCUT2D eigenvalue weighted by Crippen LogP contribution is 2.48. The fourth-order valence-corrected chi connectivity index (χ4v) is 3.03. The minimum atomic E-state index is -0.358. The second-order valence-electron chi connectivity index (χ2n) is 3.98. The maximum absolute atomic E-state index is 10.8. The molecular formula is C13H8BrNO2.